The van der Waals surface area contributed by atoms with Gasteiger partial charge in [-0.1, -0.05) is 0 Å². The van der Waals surface area contributed by atoms with E-state index in [1.54, 1.807) is 0 Å². The minimum absolute atomic E-state index is 1.33. The number of carbonyl (C=O) groups is 3. The highest BCUT2D eigenvalue weighted by molar-refractivity contribution is 6.66. The summed E-state index contributed by atoms with van der Waals surface area (Å²) in [7, 11) is 0. The van der Waals surface area contributed by atoms with Crippen molar-refractivity contribution in [1.29, 1.82) is 0 Å². The minimum atomic E-state index is -2.78. The highest BCUT2D eigenvalue weighted by atomic mass is 16.4. The smallest absolute Gasteiger partial charge is 0.335 e. The quantitative estimate of drug-likeness (QED) is 0.237. The molecule has 0 heterocycles. The number of hydrogen-bond donors (Lipinski definition) is 5. The second-order valence-corrected chi connectivity index (χ2v) is 3.14. The molecule has 1 aliphatic rings. The first-order chi connectivity index (χ1) is 6.74. The number of Topliss-reactive ketones (excluding diaryl/α,β-unsaturated/α-hetero) is 2. The Balaban J connectivity index is 2.78. The second-order valence-electron chi connectivity index (χ2n) is 3.14. The van der Waals surface area contributed by atoms with E-state index < -0.39 is 41.4 Å². The van der Waals surface area contributed by atoms with Gasteiger partial charge in [0.15, 0.2) is 6.10 Å². The monoisotopic (exact) mass is 220 g/mol. The Bertz CT molecular complexity index is 320. The number of aliphatic hydroxyl groups is 4. The topological polar surface area (TPSA) is 152 Å². The molecule has 0 spiro atoms. The van der Waals surface area contributed by atoms with Gasteiger partial charge >= 0.3 is 5.97 Å². The zero-order valence-electron chi connectivity index (χ0n) is 7.19. The van der Waals surface area contributed by atoms with Gasteiger partial charge in [0.1, 0.15) is 12.2 Å². The van der Waals surface area contributed by atoms with Gasteiger partial charge in [-0.25, -0.2) is 4.79 Å². The first-order valence-electron chi connectivity index (χ1n) is 3.83. The maximum Gasteiger partial charge on any atom is 0.335 e. The fraction of sp³-hybridized carbons (Fsp3) is 0.571. The Hall–Kier alpha value is -1.35. The lowest BCUT2D eigenvalue weighted by molar-refractivity contribution is -0.166. The molecule has 5 N–H and O–H groups in total. The first kappa shape index (κ1) is 11.7. The molecule has 0 radical (unpaired) electrons. The maximum absolute atomic E-state index is 10.6. The number of hydrogen-bond acceptors (Lipinski definition) is 7. The van der Waals surface area contributed by atoms with Crippen LogP contribution in [0.5, 0.6) is 0 Å². The molecule has 0 aliphatic heterocycles. The molecule has 0 bridgehead atoms. The number of carboxylic acid groups (broad SMARTS) is 1. The maximum atomic E-state index is 10.6. The van der Waals surface area contributed by atoms with Gasteiger partial charge in [0, 0.05) is 0 Å². The summed E-state index contributed by atoms with van der Waals surface area (Å²) in [6.45, 7) is 0. The predicted octanol–water partition coefficient (Wildman–Crippen LogP) is -3.96. The summed E-state index contributed by atoms with van der Waals surface area (Å²) in [5.74, 6) is -4.51. The number of carbonyl (C=O) groups excluding carboxylic acids is 2. The molecule has 3 atom stereocenters. The van der Waals surface area contributed by atoms with Gasteiger partial charge in [-0.05, 0) is 0 Å². The summed E-state index contributed by atoms with van der Waals surface area (Å²) >= 11 is 0. The van der Waals surface area contributed by atoms with Crippen molar-refractivity contribution in [2.24, 2.45) is 0 Å². The molecule has 1 aliphatic carbocycles. The molecule has 8 heteroatoms. The fourth-order valence-corrected chi connectivity index (χ4v) is 1.07. The Kier molecular flexibility index (Phi) is 2.62. The molecule has 0 unspecified atom stereocenters. The van der Waals surface area contributed by atoms with Gasteiger partial charge in [0.25, 0.3) is 0 Å². The summed E-state index contributed by atoms with van der Waals surface area (Å²) in [5, 5.41) is 44.3. The van der Waals surface area contributed by atoms with Crippen molar-refractivity contribution in [1.82, 2.24) is 0 Å². The first-order valence-corrected chi connectivity index (χ1v) is 3.83. The van der Waals surface area contributed by atoms with Gasteiger partial charge in [-0.15, -0.1) is 0 Å². The summed E-state index contributed by atoms with van der Waals surface area (Å²) < 4.78 is 0. The number of rotatable bonds is 4. The third-order valence-electron chi connectivity index (χ3n) is 2.16. The van der Waals surface area contributed by atoms with Crippen molar-refractivity contribution in [2.75, 3.05) is 0 Å². The van der Waals surface area contributed by atoms with Crippen LogP contribution >= 0.6 is 0 Å². The molecule has 0 amide bonds. The van der Waals surface area contributed by atoms with Gasteiger partial charge in [0.05, 0.1) is 0 Å². The Labute approximate surface area is 82.4 Å². The van der Waals surface area contributed by atoms with E-state index in [4.69, 9.17) is 25.5 Å². The average Bonchev–Trinajstić information content (AvgIpc) is 2.67. The Morgan fingerprint density at radius 1 is 1.13 bits per heavy atom. The SMILES string of the molecule is O=C(O)[C@@H](O)[C@@H](O)[C@H](O)C1(O)C(=O)C1=O. The summed E-state index contributed by atoms with van der Waals surface area (Å²) in [6, 6.07) is 0. The number of aliphatic carboxylic acids is 1. The summed E-state index contributed by atoms with van der Waals surface area (Å²) in [5.41, 5.74) is -2.78. The van der Waals surface area contributed by atoms with Crippen LogP contribution in [-0.4, -0.2) is 67.0 Å². The third-order valence-corrected chi connectivity index (χ3v) is 2.16. The molecule has 1 fully saturated rings. The highest BCUT2D eigenvalue weighted by Gasteiger charge is 2.71. The van der Waals surface area contributed by atoms with E-state index in [0.717, 1.165) is 0 Å². The zero-order chi connectivity index (χ0) is 12.0. The molecule has 84 valence electrons. The molecule has 0 aromatic heterocycles. The lowest BCUT2D eigenvalue weighted by atomic mass is 10.0. The van der Waals surface area contributed by atoms with Crippen LogP contribution in [0.15, 0.2) is 0 Å². The molecule has 0 saturated heterocycles. The van der Waals surface area contributed by atoms with Crippen LogP contribution in [0.2, 0.25) is 0 Å². The van der Waals surface area contributed by atoms with Crippen LogP contribution in [-0.2, 0) is 14.4 Å². The van der Waals surface area contributed by atoms with E-state index >= 15 is 0 Å². The summed E-state index contributed by atoms with van der Waals surface area (Å²) in [4.78, 5) is 31.3. The highest BCUT2D eigenvalue weighted by Crippen LogP contribution is 2.31. The molecule has 1 rings (SSSR count). The van der Waals surface area contributed by atoms with Crippen molar-refractivity contribution in [2.45, 2.75) is 23.9 Å². The van der Waals surface area contributed by atoms with Crippen LogP contribution in [0.3, 0.4) is 0 Å². The number of carboxylic acids is 1. The molecule has 1 saturated carbocycles. The Morgan fingerprint density at radius 2 is 1.53 bits per heavy atom. The fourth-order valence-electron chi connectivity index (χ4n) is 1.07. The van der Waals surface area contributed by atoms with Crippen LogP contribution < -0.4 is 0 Å². The van der Waals surface area contributed by atoms with E-state index in [1.165, 1.54) is 0 Å². The molecular weight excluding hydrogens is 212 g/mol. The van der Waals surface area contributed by atoms with Gasteiger partial charge < -0.3 is 25.5 Å². The minimum Gasteiger partial charge on any atom is -0.479 e. The van der Waals surface area contributed by atoms with Crippen molar-refractivity contribution in [3.05, 3.63) is 0 Å². The van der Waals surface area contributed by atoms with E-state index in [2.05, 4.69) is 0 Å². The van der Waals surface area contributed by atoms with E-state index in [9.17, 15) is 14.4 Å². The summed E-state index contributed by atoms with van der Waals surface area (Å²) in [6.07, 6.45) is -7.09. The van der Waals surface area contributed by atoms with Gasteiger partial charge in [0.2, 0.25) is 17.2 Å². The molecule has 0 aromatic carbocycles. The average molecular weight is 220 g/mol. The van der Waals surface area contributed by atoms with Crippen molar-refractivity contribution < 1.29 is 39.9 Å². The molecule has 0 aromatic rings. The molecular formula is C7H8O8. The van der Waals surface area contributed by atoms with Crippen LogP contribution in [0.1, 0.15) is 0 Å². The van der Waals surface area contributed by atoms with Gasteiger partial charge in [-0.3, -0.25) is 9.59 Å². The van der Waals surface area contributed by atoms with Crippen molar-refractivity contribution in [3.8, 4) is 0 Å². The second kappa shape index (κ2) is 3.35. The lowest BCUT2D eigenvalue weighted by Crippen LogP contribution is -2.50. The van der Waals surface area contributed by atoms with E-state index in [1.807, 2.05) is 0 Å². The normalized spacial score (nSPS) is 24.5. The van der Waals surface area contributed by atoms with Crippen molar-refractivity contribution in [3.63, 3.8) is 0 Å². The molecule has 8 nitrogen and oxygen atoms in total. The number of aliphatic hydroxyl groups excluding tert-OH is 3. The standard InChI is InChI=1S/C7H8O8/c8-1(2(9)6(13)14)3(10)7(15)4(11)5(7)12/h1-3,8-10,15H,(H,13,14)/t1-,2+,3+/m1/s1. The molecule has 15 heavy (non-hydrogen) atoms. The van der Waals surface area contributed by atoms with E-state index in [0.29, 0.717) is 0 Å². The third kappa shape index (κ3) is 1.53. The lowest BCUT2D eigenvalue weighted by Gasteiger charge is -2.21. The largest absolute Gasteiger partial charge is 0.479 e. The van der Waals surface area contributed by atoms with Crippen LogP contribution in [0.25, 0.3) is 0 Å². The van der Waals surface area contributed by atoms with Crippen LogP contribution in [0, 0.1) is 0 Å². The number of ketones is 2. The van der Waals surface area contributed by atoms with Gasteiger partial charge in [-0.2, -0.15) is 0 Å². The predicted molar refractivity (Wildman–Crippen MR) is 40.6 cm³/mol. The Morgan fingerprint density at radius 3 is 1.80 bits per heavy atom. The van der Waals surface area contributed by atoms with E-state index in [-0.39, 0.29) is 0 Å². The zero-order valence-corrected chi connectivity index (χ0v) is 7.19. The van der Waals surface area contributed by atoms with Crippen LogP contribution in [0.4, 0.5) is 0 Å². The van der Waals surface area contributed by atoms with Crippen molar-refractivity contribution >= 4 is 17.5 Å².